The third-order valence-electron chi connectivity index (χ3n) is 6.26. The molecule has 0 aromatic heterocycles. The number of hydrogen-bond acceptors (Lipinski definition) is 4. The lowest BCUT2D eigenvalue weighted by molar-refractivity contribution is 0.0967. The summed E-state index contributed by atoms with van der Waals surface area (Å²) in [7, 11) is -3.57. The van der Waals surface area contributed by atoms with Crippen molar-refractivity contribution in [3.05, 3.63) is 65.2 Å². The molecule has 2 aromatic carbocycles. The summed E-state index contributed by atoms with van der Waals surface area (Å²) in [4.78, 5) is 14.8. The molecule has 1 atom stereocenters. The van der Waals surface area contributed by atoms with Gasteiger partial charge in [-0.05, 0) is 42.5 Å². The summed E-state index contributed by atoms with van der Waals surface area (Å²) >= 11 is 0. The topological polar surface area (TPSA) is 57.7 Å². The fraction of sp³-hybridized carbons (Fsp3) is 0.409. The van der Waals surface area contributed by atoms with E-state index in [9.17, 15) is 13.2 Å². The first kappa shape index (κ1) is 18.0. The Balaban J connectivity index is 1.39. The van der Waals surface area contributed by atoms with Crippen LogP contribution in [0.5, 0.6) is 0 Å². The van der Waals surface area contributed by atoms with Crippen LogP contribution in [0, 0.1) is 5.92 Å². The zero-order chi connectivity index (χ0) is 19.3. The Morgan fingerprint density at radius 3 is 2.43 bits per heavy atom. The molecule has 0 spiro atoms. The number of benzene rings is 2. The van der Waals surface area contributed by atoms with Gasteiger partial charge in [0.25, 0.3) is 0 Å². The monoisotopic (exact) mass is 396 g/mol. The number of carbonyl (C=O) groups is 1. The van der Waals surface area contributed by atoms with E-state index in [1.165, 1.54) is 11.1 Å². The second kappa shape index (κ2) is 6.79. The van der Waals surface area contributed by atoms with Gasteiger partial charge < -0.3 is 0 Å². The minimum absolute atomic E-state index is 0.115. The second-order valence-electron chi connectivity index (χ2n) is 8.03. The Kier molecular flexibility index (Phi) is 4.38. The van der Waals surface area contributed by atoms with Crippen LogP contribution in [0.2, 0.25) is 0 Å². The molecule has 2 aliphatic heterocycles. The van der Waals surface area contributed by atoms with Gasteiger partial charge in [0, 0.05) is 43.7 Å². The van der Waals surface area contributed by atoms with Crippen molar-refractivity contribution in [2.24, 2.45) is 5.92 Å². The maximum atomic E-state index is 13.2. The van der Waals surface area contributed by atoms with Gasteiger partial charge in [-0.15, -0.1) is 0 Å². The van der Waals surface area contributed by atoms with E-state index in [0.717, 1.165) is 32.4 Å². The molecule has 0 N–H and O–H groups in total. The Hall–Kier alpha value is -2.02. The molecule has 1 saturated heterocycles. The lowest BCUT2D eigenvalue weighted by Crippen LogP contribution is -2.52. The molecule has 2 heterocycles. The lowest BCUT2D eigenvalue weighted by Gasteiger charge is -2.44. The number of hydrogen-bond donors (Lipinski definition) is 0. The molecule has 6 heteroatoms. The van der Waals surface area contributed by atoms with Gasteiger partial charge in [0.1, 0.15) is 0 Å². The predicted octanol–water partition coefficient (Wildman–Crippen LogP) is 2.88. The van der Waals surface area contributed by atoms with Gasteiger partial charge in [-0.2, -0.15) is 4.31 Å². The van der Waals surface area contributed by atoms with E-state index in [2.05, 4.69) is 23.1 Å². The van der Waals surface area contributed by atoms with Crippen molar-refractivity contribution in [3.63, 3.8) is 0 Å². The zero-order valence-electron chi connectivity index (χ0n) is 15.8. The fourth-order valence-corrected chi connectivity index (χ4v) is 5.89. The van der Waals surface area contributed by atoms with Crippen molar-refractivity contribution in [1.82, 2.24) is 9.21 Å². The predicted molar refractivity (Wildman–Crippen MR) is 107 cm³/mol. The second-order valence-corrected chi connectivity index (χ2v) is 9.96. The van der Waals surface area contributed by atoms with Gasteiger partial charge >= 0.3 is 0 Å². The third kappa shape index (κ3) is 3.09. The number of rotatable bonds is 4. The van der Waals surface area contributed by atoms with Crippen LogP contribution in [0.25, 0.3) is 0 Å². The number of carbonyl (C=O) groups excluding carboxylic acids is 1. The number of ketones is 1. The van der Waals surface area contributed by atoms with E-state index in [1.807, 2.05) is 6.07 Å². The largest absolute Gasteiger partial charge is 0.294 e. The summed E-state index contributed by atoms with van der Waals surface area (Å²) in [5, 5.41) is 0. The van der Waals surface area contributed by atoms with Crippen LogP contribution in [0.15, 0.2) is 53.4 Å². The van der Waals surface area contributed by atoms with Crippen molar-refractivity contribution in [3.8, 4) is 0 Å². The molecule has 1 aliphatic carbocycles. The minimum Gasteiger partial charge on any atom is -0.294 e. The van der Waals surface area contributed by atoms with Crippen LogP contribution >= 0.6 is 0 Å². The van der Waals surface area contributed by atoms with E-state index in [-0.39, 0.29) is 22.6 Å². The lowest BCUT2D eigenvalue weighted by atomic mass is 9.91. The van der Waals surface area contributed by atoms with Gasteiger partial charge in [-0.1, -0.05) is 36.4 Å². The molecular weight excluding hydrogens is 372 g/mol. The molecule has 0 amide bonds. The van der Waals surface area contributed by atoms with E-state index in [0.29, 0.717) is 18.7 Å². The average Bonchev–Trinajstić information content (AvgIpc) is 3.58. The molecule has 146 valence electrons. The van der Waals surface area contributed by atoms with Crippen LogP contribution in [0.4, 0.5) is 0 Å². The number of nitrogens with zero attached hydrogens (tertiary/aromatic N) is 2. The van der Waals surface area contributed by atoms with Gasteiger partial charge in [0.05, 0.1) is 4.90 Å². The highest BCUT2D eigenvalue weighted by molar-refractivity contribution is 7.89. The number of fused-ring (bicyclic) bond motifs is 3. The van der Waals surface area contributed by atoms with E-state index in [1.54, 1.807) is 28.6 Å². The maximum absolute atomic E-state index is 13.2. The van der Waals surface area contributed by atoms with Crippen molar-refractivity contribution in [1.29, 1.82) is 0 Å². The SMILES string of the molecule is O=C(c1ccc(S(=O)(=O)N2CCN3CCc4ccccc4C3C2)cc1)C1CC1. The van der Waals surface area contributed by atoms with Crippen LogP contribution < -0.4 is 0 Å². The Morgan fingerprint density at radius 1 is 0.929 bits per heavy atom. The number of Topliss-reactive ketones (excluding diaryl/α,β-unsaturated/α-hetero) is 1. The molecule has 5 rings (SSSR count). The van der Waals surface area contributed by atoms with Gasteiger partial charge in [0.15, 0.2) is 5.78 Å². The normalized spacial score (nSPS) is 23.1. The van der Waals surface area contributed by atoms with Gasteiger partial charge in [-0.25, -0.2) is 8.42 Å². The minimum atomic E-state index is -3.57. The highest BCUT2D eigenvalue weighted by atomic mass is 32.2. The maximum Gasteiger partial charge on any atom is 0.243 e. The first-order chi connectivity index (χ1) is 13.5. The van der Waals surface area contributed by atoms with Crippen LogP contribution in [0.3, 0.4) is 0 Å². The quantitative estimate of drug-likeness (QED) is 0.746. The smallest absolute Gasteiger partial charge is 0.243 e. The molecule has 1 unspecified atom stereocenters. The Labute approximate surface area is 166 Å². The summed E-state index contributed by atoms with van der Waals surface area (Å²) in [6, 6.07) is 15.0. The first-order valence-corrected chi connectivity index (χ1v) is 11.4. The Bertz CT molecular complexity index is 1010. The summed E-state index contributed by atoms with van der Waals surface area (Å²) in [6.45, 7) is 2.70. The Morgan fingerprint density at radius 2 is 1.68 bits per heavy atom. The summed E-state index contributed by atoms with van der Waals surface area (Å²) in [5.41, 5.74) is 3.19. The van der Waals surface area contributed by atoms with Crippen LogP contribution in [-0.4, -0.2) is 49.6 Å². The van der Waals surface area contributed by atoms with Crippen molar-refractivity contribution >= 4 is 15.8 Å². The molecule has 0 bridgehead atoms. The summed E-state index contributed by atoms with van der Waals surface area (Å²) in [6.07, 6.45) is 2.92. The van der Waals surface area contributed by atoms with Crippen molar-refractivity contribution < 1.29 is 13.2 Å². The fourth-order valence-electron chi connectivity index (χ4n) is 4.45. The molecule has 5 nitrogen and oxygen atoms in total. The van der Waals surface area contributed by atoms with Gasteiger partial charge in [0.2, 0.25) is 10.0 Å². The molecule has 0 radical (unpaired) electrons. The highest BCUT2D eigenvalue weighted by Gasteiger charge is 2.37. The third-order valence-corrected chi connectivity index (χ3v) is 8.14. The van der Waals surface area contributed by atoms with E-state index >= 15 is 0 Å². The number of sulfonamides is 1. The average molecular weight is 397 g/mol. The van der Waals surface area contributed by atoms with Crippen molar-refractivity contribution in [2.45, 2.75) is 30.2 Å². The molecule has 2 fully saturated rings. The molecular formula is C22H24N2O3S. The van der Waals surface area contributed by atoms with Crippen LogP contribution in [-0.2, 0) is 16.4 Å². The zero-order valence-corrected chi connectivity index (χ0v) is 16.6. The summed E-state index contributed by atoms with van der Waals surface area (Å²) in [5.74, 6) is 0.276. The molecule has 3 aliphatic rings. The molecule has 28 heavy (non-hydrogen) atoms. The summed E-state index contributed by atoms with van der Waals surface area (Å²) < 4.78 is 28.1. The van der Waals surface area contributed by atoms with E-state index < -0.39 is 10.0 Å². The van der Waals surface area contributed by atoms with Gasteiger partial charge in [-0.3, -0.25) is 9.69 Å². The molecule has 1 saturated carbocycles. The highest BCUT2D eigenvalue weighted by Crippen LogP contribution is 2.35. The first-order valence-electron chi connectivity index (χ1n) is 10.0. The molecule has 2 aromatic rings. The van der Waals surface area contributed by atoms with E-state index in [4.69, 9.17) is 0 Å². The van der Waals surface area contributed by atoms with Crippen LogP contribution in [0.1, 0.15) is 40.4 Å². The standard InChI is InChI=1S/C22H24N2O3S/c25-22(17-5-6-17)18-7-9-19(10-8-18)28(26,27)24-14-13-23-12-11-16-3-1-2-4-20(16)21(23)15-24/h1-4,7-10,17,21H,5-6,11-15H2. The number of piperazine rings is 1. The van der Waals surface area contributed by atoms with Crippen molar-refractivity contribution in [2.75, 3.05) is 26.2 Å².